The highest BCUT2D eigenvalue weighted by Gasteiger charge is 2.26. The molecule has 130 valence electrons. The Morgan fingerprint density at radius 3 is 1.57 bits per heavy atom. The van der Waals surface area contributed by atoms with Crippen molar-refractivity contribution in [3.63, 3.8) is 0 Å². The number of hydrogen-bond acceptors (Lipinski definition) is 3. The summed E-state index contributed by atoms with van der Waals surface area (Å²) in [6.45, 7) is 17.5. The van der Waals surface area contributed by atoms with E-state index in [1.54, 1.807) is 11.3 Å². The highest BCUT2D eigenvalue weighted by molar-refractivity contribution is 7.81. The molecule has 2 nitrogen and oxygen atoms in total. The summed E-state index contributed by atoms with van der Waals surface area (Å²) in [5, 5.41) is 2.10. The van der Waals surface area contributed by atoms with Crippen molar-refractivity contribution in [2.75, 3.05) is 0 Å². The number of hydrogen-bond donors (Lipinski definition) is 0. The minimum Gasteiger partial charge on any atom is -0.357 e. The lowest BCUT2D eigenvalue weighted by atomic mass is 10.1. The summed E-state index contributed by atoms with van der Waals surface area (Å²) in [6.07, 6.45) is 0. The van der Waals surface area contributed by atoms with Gasteiger partial charge in [-0.2, -0.15) is 0 Å². The van der Waals surface area contributed by atoms with E-state index in [0.717, 1.165) is 20.4 Å². The van der Waals surface area contributed by atoms with Gasteiger partial charge in [-0.1, -0.05) is 24.4 Å². The van der Waals surface area contributed by atoms with Crippen LogP contribution in [0.2, 0.25) is 0 Å². The molecule has 0 N–H and O–H groups in total. The Labute approximate surface area is 156 Å². The molecule has 0 aromatic carbocycles. The first kappa shape index (κ1) is 20.5. The van der Waals surface area contributed by atoms with Gasteiger partial charge in [0.2, 0.25) is 0 Å². The zero-order valence-electron chi connectivity index (χ0n) is 15.6. The van der Waals surface area contributed by atoms with E-state index in [4.69, 9.17) is 24.4 Å². The van der Waals surface area contributed by atoms with E-state index in [0.29, 0.717) is 24.2 Å². The smallest absolute Gasteiger partial charge is 0.120 e. The number of nitrogens with zero attached hydrogens (tertiary/aromatic N) is 2. The summed E-state index contributed by atoms with van der Waals surface area (Å²) in [5.41, 5.74) is 1.10. The molecular weight excluding hydrogens is 340 g/mol. The lowest BCUT2D eigenvalue weighted by Gasteiger charge is -2.35. The molecule has 1 aromatic rings. The van der Waals surface area contributed by atoms with Gasteiger partial charge in [0.15, 0.2) is 0 Å². The largest absolute Gasteiger partial charge is 0.357 e. The first-order chi connectivity index (χ1) is 10.6. The summed E-state index contributed by atoms with van der Waals surface area (Å²) in [5.74, 6) is 0. The normalized spacial score (nSPS) is 11.7. The summed E-state index contributed by atoms with van der Waals surface area (Å²) in [7, 11) is 0. The summed E-state index contributed by atoms with van der Waals surface area (Å²) < 4.78 is 0. The fourth-order valence-corrected chi connectivity index (χ4v) is 5.20. The molecule has 0 aliphatic rings. The second-order valence-electron chi connectivity index (χ2n) is 6.96. The molecule has 0 atom stereocenters. The Morgan fingerprint density at radius 1 is 0.783 bits per heavy atom. The fraction of sp³-hybridized carbons (Fsp3) is 0.667. The van der Waals surface area contributed by atoms with Crippen LogP contribution in [0.5, 0.6) is 0 Å². The third-order valence-electron chi connectivity index (χ3n) is 3.78. The van der Waals surface area contributed by atoms with Crippen molar-refractivity contribution >= 4 is 45.7 Å². The van der Waals surface area contributed by atoms with Crippen LogP contribution >= 0.6 is 35.8 Å². The van der Waals surface area contributed by atoms with Crippen molar-refractivity contribution in [2.24, 2.45) is 0 Å². The van der Waals surface area contributed by atoms with Crippen LogP contribution in [0.15, 0.2) is 11.4 Å². The van der Waals surface area contributed by atoms with E-state index < -0.39 is 0 Å². The molecule has 1 aromatic heterocycles. The molecule has 1 heterocycles. The Morgan fingerprint density at radius 2 is 1.17 bits per heavy atom. The maximum Gasteiger partial charge on any atom is 0.120 e. The first-order valence-electron chi connectivity index (χ1n) is 8.32. The molecule has 0 saturated carbocycles. The van der Waals surface area contributed by atoms with Crippen LogP contribution in [0.4, 0.5) is 0 Å². The molecule has 0 unspecified atom stereocenters. The van der Waals surface area contributed by atoms with Crippen molar-refractivity contribution in [3.05, 3.63) is 21.9 Å². The van der Waals surface area contributed by atoms with Crippen LogP contribution in [-0.2, 0) is 0 Å². The third-order valence-corrected chi connectivity index (χ3v) is 5.68. The molecule has 0 radical (unpaired) electrons. The van der Waals surface area contributed by atoms with Gasteiger partial charge in [0.25, 0.3) is 0 Å². The van der Waals surface area contributed by atoms with Crippen LogP contribution in [0, 0.1) is 0 Å². The van der Waals surface area contributed by atoms with Crippen LogP contribution in [-0.4, -0.2) is 43.9 Å². The topological polar surface area (TPSA) is 6.48 Å². The van der Waals surface area contributed by atoms with Gasteiger partial charge in [-0.25, -0.2) is 0 Å². The maximum absolute atomic E-state index is 5.83. The zero-order chi connectivity index (χ0) is 17.9. The van der Waals surface area contributed by atoms with Crippen molar-refractivity contribution in [1.82, 2.24) is 9.80 Å². The molecule has 1 rings (SSSR count). The van der Waals surface area contributed by atoms with E-state index >= 15 is 0 Å². The zero-order valence-corrected chi connectivity index (χ0v) is 18.0. The number of thiophene rings is 1. The van der Waals surface area contributed by atoms with E-state index in [-0.39, 0.29) is 0 Å². The van der Waals surface area contributed by atoms with Gasteiger partial charge in [-0.15, -0.1) is 11.3 Å². The first-order valence-corrected chi connectivity index (χ1v) is 10.0. The highest BCUT2D eigenvalue weighted by Crippen LogP contribution is 2.26. The molecule has 0 amide bonds. The maximum atomic E-state index is 5.83. The van der Waals surface area contributed by atoms with Crippen molar-refractivity contribution < 1.29 is 0 Å². The van der Waals surface area contributed by atoms with Gasteiger partial charge in [-0.3, -0.25) is 0 Å². The lowest BCUT2D eigenvalue weighted by Crippen LogP contribution is -2.44. The van der Waals surface area contributed by atoms with E-state index in [1.165, 1.54) is 0 Å². The van der Waals surface area contributed by atoms with Gasteiger partial charge in [0.05, 0.1) is 4.88 Å². The summed E-state index contributed by atoms with van der Waals surface area (Å²) in [4.78, 5) is 7.52. The predicted molar refractivity (Wildman–Crippen MR) is 112 cm³/mol. The van der Waals surface area contributed by atoms with Crippen molar-refractivity contribution in [1.29, 1.82) is 0 Å². The van der Waals surface area contributed by atoms with Crippen LogP contribution in [0.25, 0.3) is 0 Å². The molecule has 0 spiro atoms. The second-order valence-corrected chi connectivity index (χ2v) is 8.65. The highest BCUT2D eigenvalue weighted by atomic mass is 32.1. The number of thiocarbonyl (C=S) groups is 2. The Balaban J connectivity index is 3.22. The van der Waals surface area contributed by atoms with Crippen LogP contribution < -0.4 is 0 Å². The van der Waals surface area contributed by atoms with Gasteiger partial charge in [0, 0.05) is 29.7 Å². The van der Waals surface area contributed by atoms with Gasteiger partial charge >= 0.3 is 0 Å². The molecule has 0 saturated heterocycles. The molecular formula is C18H30N2S3. The SMILES string of the molecule is CC(C)N(C(=S)c1ccsc1C(=S)N(C(C)C)C(C)C)C(C)C. The molecule has 0 bridgehead atoms. The van der Waals surface area contributed by atoms with E-state index in [9.17, 15) is 0 Å². The molecule has 0 aliphatic carbocycles. The van der Waals surface area contributed by atoms with E-state index in [2.05, 4.69) is 76.6 Å². The van der Waals surface area contributed by atoms with Gasteiger partial charge in [0.1, 0.15) is 9.98 Å². The second kappa shape index (κ2) is 8.54. The average Bonchev–Trinajstić information content (AvgIpc) is 2.85. The van der Waals surface area contributed by atoms with Gasteiger partial charge in [-0.05, 0) is 66.8 Å². The molecule has 0 fully saturated rings. The van der Waals surface area contributed by atoms with E-state index in [1.807, 2.05) is 0 Å². The summed E-state index contributed by atoms with van der Waals surface area (Å²) >= 11 is 13.4. The molecule has 5 heteroatoms. The minimum absolute atomic E-state index is 0.370. The Bertz CT molecular complexity index is 482. The predicted octanol–water partition coefficient (Wildman–Crippen LogP) is 5.34. The van der Waals surface area contributed by atoms with Crippen molar-refractivity contribution in [3.8, 4) is 0 Å². The lowest BCUT2D eigenvalue weighted by molar-refractivity contribution is 0.295. The Hall–Kier alpha value is -0.520. The minimum atomic E-state index is 0.370. The summed E-state index contributed by atoms with van der Waals surface area (Å²) in [6, 6.07) is 3.60. The molecule has 23 heavy (non-hydrogen) atoms. The monoisotopic (exact) mass is 370 g/mol. The number of rotatable bonds is 6. The quantitative estimate of drug-likeness (QED) is 0.624. The fourth-order valence-electron chi connectivity index (χ4n) is 3.03. The van der Waals surface area contributed by atoms with Crippen LogP contribution in [0.1, 0.15) is 65.8 Å². The standard InChI is InChI=1S/C18H30N2S3/c1-11(2)19(12(3)4)17(21)15-9-10-23-16(15)18(22)20(13(5)6)14(7)8/h9-14H,1-8H3. The van der Waals surface area contributed by atoms with Gasteiger partial charge < -0.3 is 9.80 Å². The average molecular weight is 371 g/mol. The third kappa shape index (κ3) is 4.74. The Kier molecular flexibility index (Phi) is 7.62. The molecule has 0 aliphatic heterocycles. The van der Waals surface area contributed by atoms with Crippen molar-refractivity contribution in [2.45, 2.75) is 79.6 Å². The van der Waals surface area contributed by atoms with Crippen LogP contribution in [0.3, 0.4) is 0 Å².